The minimum absolute atomic E-state index is 0.382. The molecule has 0 bridgehead atoms. The van der Waals surface area contributed by atoms with Crippen molar-refractivity contribution < 1.29 is 14.3 Å². The van der Waals surface area contributed by atoms with Gasteiger partial charge in [0.1, 0.15) is 0 Å². The SMILES string of the molecule is CCC[N+]1(COC(C)C)CCCC1.O=[N+]([O-])[O-]. The molecule has 1 fully saturated rings. The van der Waals surface area contributed by atoms with Crippen LogP contribution in [0.2, 0.25) is 0 Å². The lowest BCUT2D eigenvalue weighted by atomic mass is 10.3. The molecule has 17 heavy (non-hydrogen) atoms. The third kappa shape index (κ3) is 7.93. The molecule has 0 amide bonds. The van der Waals surface area contributed by atoms with Gasteiger partial charge < -0.3 is 24.5 Å². The number of likely N-dealkylation sites (tertiary alicyclic amines) is 1. The van der Waals surface area contributed by atoms with Gasteiger partial charge in [-0.2, -0.15) is 0 Å². The second-order valence-corrected chi connectivity index (χ2v) is 4.79. The maximum Gasteiger partial charge on any atom is 0.183 e. The molecule has 6 heteroatoms. The van der Waals surface area contributed by atoms with Crippen molar-refractivity contribution in [2.75, 3.05) is 26.4 Å². The van der Waals surface area contributed by atoms with Crippen molar-refractivity contribution in [1.29, 1.82) is 0 Å². The second kappa shape index (κ2) is 8.25. The molecule has 0 saturated carbocycles. The standard InChI is InChI=1S/C11H24NO.NO3/c1-4-7-12(8-5-6-9-12)10-13-11(2)3;2-1(3)4/h11H,4-10H2,1-3H3;/q+1;-1. The fraction of sp³-hybridized carbons (Fsp3) is 1.00. The van der Waals surface area contributed by atoms with E-state index in [0.717, 1.165) is 6.73 Å². The van der Waals surface area contributed by atoms with Crippen LogP contribution in [0.5, 0.6) is 0 Å². The van der Waals surface area contributed by atoms with Crippen molar-refractivity contribution in [3.8, 4) is 0 Å². The number of quaternary nitrogens is 1. The van der Waals surface area contributed by atoms with Crippen LogP contribution in [0, 0.1) is 15.3 Å². The van der Waals surface area contributed by atoms with Gasteiger partial charge in [-0.25, -0.2) is 0 Å². The van der Waals surface area contributed by atoms with Gasteiger partial charge in [0.25, 0.3) is 0 Å². The van der Waals surface area contributed by atoms with Crippen LogP contribution in [-0.2, 0) is 4.74 Å². The first-order valence-electron chi connectivity index (χ1n) is 6.20. The van der Waals surface area contributed by atoms with Crippen LogP contribution >= 0.6 is 0 Å². The Bertz CT molecular complexity index is 212. The van der Waals surface area contributed by atoms with Crippen molar-refractivity contribution in [3.05, 3.63) is 15.3 Å². The zero-order chi connectivity index (χ0) is 13.3. The molecular weight excluding hydrogens is 224 g/mol. The first-order valence-corrected chi connectivity index (χ1v) is 6.20. The maximum absolute atomic E-state index is 8.25. The number of nitrogens with zero attached hydrogens (tertiary/aromatic N) is 2. The highest BCUT2D eigenvalue weighted by molar-refractivity contribution is 4.52. The van der Waals surface area contributed by atoms with Crippen LogP contribution in [0.3, 0.4) is 0 Å². The molecule has 0 N–H and O–H groups in total. The van der Waals surface area contributed by atoms with Gasteiger partial charge in [0, 0.05) is 12.8 Å². The lowest BCUT2D eigenvalue weighted by Gasteiger charge is -2.34. The molecule has 1 aliphatic heterocycles. The Kier molecular flexibility index (Phi) is 7.82. The van der Waals surface area contributed by atoms with E-state index in [4.69, 9.17) is 20.1 Å². The van der Waals surface area contributed by atoms with Crippen LogP contribution in [-0.4, -0.2) is 42.0 Å². The first kappa shape index (κ1) is 16.1. The average molecular weight is 248 g/mol. The van der Waals surface area contributed by atoms with E-state index in [9.17, 15) is 0 Å². The summed E-state index contributed by atoms with van der Waals surface area (Å²) in [5.41, 5.74) is 0. The first-order chi connectivity index (χ1) is 7.92. The summed E-state index contributed by atoms with van der Waals surface area (Å²) < 4.78 is 6.97. The van der Waals surface area contributed by atoms with Crippen molar-refractivity contribution >= 4 is 0 Å². The van der Waals surface area contributed by atoms with Crippen molar-refractivity contribution in [2.45, 2.75) is 46.1 Å². The van der Waals surface area contributed by atoms with Gasteiger partial charge in [-0.1, -0.05) is 6.92 Å². The van der Waals surface area contributed by atoms with Gasteiger partial charge in [-0.15, -0.1) is 0 Å². The Morgan fingerprint density at radius 1 is 1.29 bits per heavy atom. The zero-order valence-electron chi connectivity index (χ0n) is 11.1. The molecule has 0 radical (unpaired) electrons. The summed E-state index contributed by atoms with van der Waals surface area (Å²) in [6, 6.07) is 0. The quantitative estimate of drug-likeness (QED) is 0.424. The third-order valence-electron chi connectivity index (χ3n) is 2.89. The lowest BCUT2D eigenvalue weighted by molar-refractivity contribution is -0.935. The molecule has 0 aromatic carbocycles. The van der Waals surface area contributed by atoms with Crippen LogP contribution in [0.1, 0.15) is 40.0 Å². The normalized spacial score (nSPS) is 17.6. The van der Waals surface area contributed by atoms with Gasteiger partial charge in [-0.05, 0) is 20.3 Å². The Morgan fingerprint density at radius 3 is 2.12 bits per heavy atom. The highest BCUT2D eigenvalue weighted by Gasteiger charge is 2.31. The summed E-state index contributed by atoms with van der Waals surface area (Å²) in [6.45, 7) is 11.4. The van der Waals surface area contributed by atoms with E-state index in [1.54, 1.807) is 0 Å². The number of rotatable bonds is 5. The highest BCUT2D eigenvalue weighted by Crippen LogP contribution is 2.20. The zero-order valence-corrected chi connectivity index (χ0v) is 11.1. The fourth-order valence-corrected chi connectivity index (χ4v) is 2.21. The molecule has 0 aromatic heterocycles. The summed E-state index contributed by atoms with van der Waals surface area (Å²) >= 11 is 0. The molecule has 0 aromatic rings. The fourth-order valence-electron chi connectivity index (χ4n) is 2.21. The van der Waals surface area contributed by atoms with Crippen LogP contribution in [0.25, 0.3) is 0 Å². The molecule has 1 rings (SSSR count). The summed E-state index contributed by atoms with van der Waals surface area (Å²) in [6.07, 6.45) is 4.44. The molecule has 0 atom stereocenters. The summed E-state index contributed by atoms with van der Waals surface area (Å²) in [5, 5.41) is 14.8. The number of ether oxygens (including phenoxy) is 1. The van der Waals surface area contributed by atoms with E-state index in [0.29, 0.717) is 6.10 Å². The minimum atomic E-state index is -1.75. The number of hydrogen-bond donors (Lipinski definition) is 0. The van der Waals surface area contributed by atoms with E-state index < -0.39 is 5.09 Å². The summed E-state index contributed by atoms with van der Waals surface area (Å²) in [5.74, 6) is 0. The molecule has 0 unspecified atom stereocenters. The van der Waals surface area contributed by atoms with Crippen LogP contribution < -0.4 is 0 Å². The van der Waals surface area contributed by atoms with Gasteiger partial charge >= 0.3 is 0 Å². The van der Waals surface area contributed by atoms with E-state index >= 15 is 0 Å². The third-order valence-corrected chi connectivity index (χ3v) is 2.89. The maximum atomic E-state index is 8.25. The van der Waals surface area contributed by atoms with Crippen molar-refractivity contribution in [1.82, 2.24) is 0 Å². The highest BCUT2D eigenvalue weighted by atomic mass is 16.9. The molecular formula is C11H24N2O4. The molecule has 1 heterocycles. The van der Waals surface area contributed by atoms with Gasteiger partial charge in [0.15, 0.2) is 6.73 Å². The molecule has 0 spiro atoms. The van der Waals surface area contributed by atoms with E-state index in [1.807, 2.05) is 0 Å². The Labute approximate surface area is 103 Å². The largest absolute Gasteiger partial charge is 0.356 e. The van der Waals surface area contributed by atoms with E-state index in [1.165, 1.54) is 43.4 Å². The van der Waals surface area contributed by atoms with Crippen molar-refractivity contribution in [3.63, 3.8) is 0 Å². The molecule has 1 saturated heterocycles. The van der Waals surface area contributed by atoms with Gasteiger partial charge in [-0.3, -0.25) is 0 Å². The molecule has 1 aliphatic rings. The van der Waals surface area contributed by atoms with Crippen LogP contribution in [0.4, 0.5) is 0 Å². The molecule has 6 nitrogen and oxygen atoms in total. The second-order valence-electron chi connectivity index (χ2n) is 4.79. The molecule has 102 valence electrons. The monoisotopic (exact) mass is 248 g/mol. The Balaban J connectivity index is 0.000000557. The number of hydrogen-bond acceptors (Lipinski definition) is 4. The predicted molar refractivity (Wildman–Crippen MR) is 65.8 cm³/mol. The predicted octanol–water partition coefficient (Wildman–Crippen LogP) is 2.15. The smallest absolute Gasteiger partial charge is 0.183 e. The Morgan fingerprint density at radius 2 is 1.76 bits per heavy atom. The summed E-state index contributed by atoms with van der Waals surface area (Å²) in [4.78, 5) is 8.25. The topological polar surface area (TPSA) is 75.4 Å². The molecule has 0 aliphatic carbocycles. The average Bonchev–Trinajstić information content (AvgIpc) is 2.64. The van der Waals surface area contributed by atoms with Gasteiger partial charge in [0.2, 0.25) is 0 Å². The minimum Gasteiger partial charge on any atom is -0.356 e. The van der Waals surface area contributed by atoms with Gasteiger partial charge in [0.05, 0.1) is 30.8 Å². The summed E-state index contributed by atoms with van der Waals surface area (Å²) in [7, 11) is 0. The van der Waals surface area contributed by atoms with E-state index in [-0.39, 0.29) is 0 Å². The Hall–Kier alpha value is -0.880. The van der Waals surface area contributed by atoms with Crippen LogP contribution in [0.15, 0.2) is 0 Å². The van der Waals surface area contributed by atoms with Crippen molar-refractivity contribution in [2.24, 2.45) is 0 Å². The lowest BCUT2D eigenvalue weighted by Crippen LogP contribution is -2.48. The van der Waals surface area contributed by atoms with E-state index in [2.05, 4.69) is 20.8 Å².